The average molecular weight is 241 g/mol. The summed E-state index contributed by atoms with van der Waals surface area (Å²) in [4.78, 5) is 36.8. The molecule has 0 aliphatic carbocycles. The maximum absolute atomic E-state index is 11.7. The van der Waals surface area contributed by atoms with Gasteiger partial charge in [0.05, 0.1) is 0 Å². The van der Waals surface area contributed by atoms with Crippen molar-refractivity contribution in [2.45, 2.75) is 13.8 Å². The Bertz CT molecular complexity index is 296. The second-order valence-electron chi connectivity index (χ2n) is 4.54. The first kappa shape index (κ1) is 13.5. The van der Waals surface area contributed by atoms with Gasteiger partial charge in [0.15, 0.2) is 0 Å². The maximum atomic E-state index is 11.7. The molecule has 0 radical (unpaired) electrons. The van der Waals surface area contributed by atoms with Gasteiger partial charge in [0.2, 0.25) is 6.41 Å². The fourth-order valence-corrected chi connectivity index (χ4v) is 1.55. The van der Waals surface area contributed by atoms with Gasteiger partial charge in [-0.25, -0.2) is 0 Å². The normalized spacial score (nSPS) is 15.9. The molecule has 0 aromatic rings. The Morgan fingerprint density at radius 3 is 2.29 bits per heavy atom. The molecular formula is C11H19N3O3. The maximum Gasteiger partial charge on any atom is 0.312 e. The second-order valence-corrected chi connectivity index (χ2v) is 4.54. The van der Waals surface area contributed by atoms with E-state index in [1.807, 2.05) is 13.8 Å². The van der Waals surface area contributed by atoms with Crippen molar-refractivity contribution in [1.29, 1.82) is 0 Å². The van der Waals surface area contributed by atoms with Gasteiger partial charge < -0.3 is 15.1 Å². The summed E-state index contributed by atoms with van der Waals surface area (Å²) in [5, 5.41) is 2.59. The third-order valence-electron chi connectivity index (χ3n) is 2.62. The van der Waals surface area contributed by atoms with Gasteiger partial charge in [-0.2, -0.15) is 0 Å². The first-order chi connectivity index (χ1) is 8.04. The van der Waals surface area contributed by atoms with Gasteiger partial charge in [-0.3, -0.25) is 14.4 Å². The van der Waals surface area contributed by atoms with Crippen LogP contribution in [0, 0.1) is 5.92 Å². The highest BCUT2D eigenvalue weighted by atomic mass is 16.2. The molecule has 96 valence electrons. The molecule has 0 saturated carbocycles. The van der Waals surface area contributed by atoms with Gasteiger partial charge in [-0.15, -0.1) is 0 Å². The van der Waals surface area contributed by atoms with Gasteiger partial charge in [0.1, 0.15) is 0 Å². The number of hydrogen-bond donors (Lipinski definition) is 1. The summed E-state index contributed by atoms with van der Waals surface area (Å²) in [6.45, 7) is 6.26. The fourth-order valence-electron chi connectivity index (χ4n) is 1.55. The highest BCUT2D eigenvalue weighted by Crippen LogP contribution is 2.00. The largest absolute Gasteiger partial charge is 0.348 e. The van der Waals surface area contributed by atoms with E-state index in [0.717, 1.165) is 6.41 Å². The zero-order valence-electron chi connectivity index (χ0n) is 10.3. The molecule has 0 spiro atoms. The third kappa shape index (κ3) is 4.05. The van der Waals surface area contributed by atoms with Crippen LogP contribution in [0.1, 0.15) is 13.8 Å². The molecule has 1 heterocycles. The van der Waals surface area contributed by atoms with Crippen molar-refractivity contribution in [1.82, 2.24) is 15.1 Å². The summed E-state index contributed by atoms with van der Waals surface area (Å²) in [6, 6.07) is 0. The molecule has 0 atom stereocenters. The third-order valence-corrected chi connectivity index (χ3v) is 2.62. The highest BCUT2D eigenvalue weighted by molar-refractivity contribution is 6.35. The van der Waals surface area contributed by atoms with Crippen molar-refractivity contribution in [3.63, 3.8) is 0 Å². The zero-order chi connectivity index (χ0) is 12.8. The summed E-state index contributed by atoms with van der Waals surface area (Å²) in [7, 11) is 0. The Hall–Kier alpha value is -1.59. The van der Waals surface area contributed by atoms with Crippen molar-refractivity contribution in [2.75, 3.05) is 32.7 Å². The van der Waals surface area contributed by atoms with Crippen LogP contribution in [-0.4, -0.2) is 60.7 Å². The molecule has 17 heavy (non-hydrogen) atoms. The van der Waals surface area contributed by atoms with Crippen LogP contribution in [-0.2, 0) is 14.4 Å². The standard InChI is InChI=1S/C11H19N3O3/c1-9(2)7-12-10(16)11(17)14-5-3-13(8-15)4-6-14/h8-9H,3-7H2,1-2H3,(H,12,16). The molecule has 0 unspecified atom stereocenters. The van der Waals surface area contributed by atoms with Crippen molar-refractivity contribution < 1.29 is 14.4 Å². The summed E-state index contributed by atoms with van der Waals surface area (Å²) in [5.41, 5.74) is 0. The molecule has 1 fully saturated rings. The van der Waals surface area contributed by atoms with Crippen LogP contribution < -0.4 is 5.32 Å². The Kier molecular flexibility index (Phi) is 4.93. The summed E-state index contributed by atoms with van der Waals surface area (Å²) in [5.74, 6) is -0.742. The minimum Gasteiger partial charge on any atom is -0.348 e. The number of piperazine rings is 1. The van der Waals surface area contributed by atoms with Crippen LogP contribution in [0.5, 0.6) is 0 Å². The monoisotopic (exact) mass is 241 g/mol. The molecule has 0 aromatic carbocycles. The van der Waals surface area contributed by atoms with Crippen LogP contribution in [0.2, 0.25) is 0 Å². The average Bonchev–Trinajstić information content (AvgIpc) is 2.35. The number of nitrogens with one attached hydrogen (secondary N) is 1. The van der Waals surface area contributed by atoms with Crippen LogP contribution in [0.25, 0.3) is 0 Å². The van der Waals surface area contributed by atoms with Crippen molar-refractivity contribution >= 4 is 18.2 Å². The lowest BCUT2D eigenvalue weighted by Crippen LogP contribution is -2.52. The van der Waals surface area contributed by atoms with Crippen LogP contribution in [0.15, 0.2) is 0 Å². The quantitative estimate of drug-likeness (QED) is 0.512. The number of hydrogen-bond acceptors (Lipinski definition) is 3. The lowest BCUT2D eigenvalue weighted by Gasteiger charge is -2.32. The number of nitrogens with zero attached hydrogens (tertiary/aromatic N) is 2. The SMILES string of the molecule is CC(C)CNC(=O)C(=O)N1CCN(C=O)CC1. The van der Waals surface area contributed by atoms with Gasteiger partial charge in [0, 0.05) is 32.7 Å². The molecule has 0 aromatic heterocycles. The van der Waals surface area contributed by atoms with E-state index in [-0.39, 0.29) is 0 Å². The fraction of sp³-hybridized carbons (Fsp3) is 0.727. The van der Waals surface area contributed by atoms with Gasteiger partial charge in [-0.1, -0.05) is 13.8 Å². The molecule has 1 aliphatic rings. The molecule has 3 amide bonds. The van der Waals surface area contributed by atoms with Crippen molar-refractivity contribution in [3.05, 3.63) is 0 Å². The minimum atomic E-state index is -0.557. The summed E-state index contributed by atoms with van der Waals surface area (Å²) >= 11 is 0. The van der Waals surface area contributed by atoms with Crippen LogP contribution in [0.3, 0.4) is 0 Å². The Balaban J connectivity index is 2.37. The van der Waals surface area contributed by atoms with Crippen LogP contribution in [0.4, 0.5) is 0 Å². The molecule has 1 N–H and O–H groups in total. The van der Waals surface area contributed by atoms with E-state index in [4.69, 9.17) is 0 Å². The lowest BCUT2D eigenvalue weighted by molar-refractivity contribution is -0.147. The van der Waals surface area contributed by atoms with Crippen molar-refractivity contribution in [2.24, 2.45) is 5.92 Å². The molecular weight excluding hydrogens is 222 g/mol. The Morgan fingerprint density at radius 1 is 1.24 bits per heavy atom. The topological polar surface area (TPSA) is 69.7 Å². The van der Waals surface area contributed by atoms with E-state index in [2.05, 4.69) is 5.32 Å². The molecule has 1 aliphatic heterocycles. The van der Waals surface area contributed by atoms with Crippen LogP contribution >= 0.6 is 0 Å². The highest BCUT2D eigenvalue weighted by Gasteiger charge is 2.25. The van der Waals surface area contributed by atoms with Gasteiger partial charge >= 0.3 is 11.8 Å². The second kappa shape index (κ2) is 6.22. The molecule has 6 heteroatoms. The number of amides is 3. The number of rotatable bonds is 3. The van der Waals surface area contributed by atoms with E-state index in [1.165, 1.54) is 4.90 Å². The number of carbonyl (C=O) groups excluding carboxylic acids is 3. The predicted molar refractivity (Wildman–Crippen MR) is 62.1 cm³/mol. The van der Waals surface area contributed by atoms with Gasteiger partial charge in [-0.05, 0) is 5.92 Å². The van der Waals surface area contributed by atoms with E-state index in [9.17, 15) is 14.4 Å². The summed E-state index contributed by atoms with van der Waals surface area (Å²) < 4.78 is 0. The van der Waals surface area contributed by atoms with E-state index in [0.29, 0.717) is 38.6 Å². The molecule has 6 nitrogen and oxygen atoms in total. The Morgan fingerprint density at radius 2 is 1.82 bits per heavy atom. The summed E-state index contributed by atoms with van der Waals surface area (Å²) in [6.07, 6.45) is 0.765. The smallest absolute Gasteiger partial charge is 0.312 e. The first-order valence-corrected chi connectivity index (χ1v) is 5.81. The number of carbonyl (C=O) groups is 3. The minimum absolute atomic E-state index is 0.318. The zero-order valence-corrected chi connectivity index (χ0v) is 10.3. The molecule has 0 bridgehead atoms. The van der Waals surface area contributed by atoms with Crippen molar-refractivity contribution in [3.8, 4) is 0 Å². The first-order valence-electron chi connectivity index (χ1n) is 5.81. The molecule has 1 rings (SSSR count). The van der Waals surface area contributed by atoms with E-state index < -0.39 is 11.8 Å². The van der Waals surface area contributed by atoms with E-state index >= 15 is 0 Å². The van der Waals surface area contributed by atoms with E-state index in [1.54, 1.807) is 4.90 Å². The molecule has 1 saturated heterocycles. The predicted octanol–water partition coefficient (Wildman–Crippen LogP) is -0.941. The Labute approximate surface area is 101 Å². The van der Waals surface area contributed by atoms with Gasteiger partial charge in [0.25, 0.3) is 0 Å². The lowest BCUT2D eigenvalue weighted by atomic mass is 10.2.